The Labute approximate surface area is 130 Å². The molecule has 1 aromatic carbocycles. The van der Waals surface area contributed by atoms with Gasteiger partial charge in [0.05, 0.1) is 5.56 Å². The molecule has 0 spiro atoms. The van der Waals surface area contributed by atoms with E-state index in [4.69, 9.17) is 0 Å². The number of nitrogens with one attached hydrogen (secondary N) is 1. The van der Waals surface area contributed by atoms with Gasteiger partial charge in [0.25, 0.3) is 0 Å². The molecule has 0 amide bonds. The van der Waals surface area contributed by atoms with Crippen molar-refractivity contribution in [3.63, 3.8) is 0 Å². The van der Waals surface area contributed by atoms with Crippen LogP contribution in [0.2, 0.25) is 0 Å². The second-order valence-corrected chi connectivity index (χ2v) is 5.38. The third-order valence-corrected chi connectivity index (χ3v) is 3.56. The average Bonchev–Trinajstić information content (AvgIpc) is 2.85. The minimum Gasteiger partial charge on any atom is -0.344 e. The standard InChI is InChI=1S/C17H13F3N2O/c1-10-6-12-7-11(9-21-16(12)22-10)8-15(23)13-4-2-3-5-14(13)17(18,19)20/h2-7,9H,8H2,1H3,(H,21,22). The Morgan fingerprint density at radius 3 is 2.70 bits per heavy atom. The van der Waals surface area contributed by atoms with Gasteiger partial charge in [0, 0.05) is 29.3 Å². The summed E-state index contributed by atoms with van der Waals surface area (Å²) < 4.78 is 39.0. The molecule has 0 aliphatic carbocycles. The van der Waals surface area contributed by atoms with E-state index in [2.05, 4.69) is 9.97 Å². The molecule has 0 saturated carbocycles. The van der Waals surface area contributed by atoms with Crippen molar-refractivity contribution in [2.24, 2.45) is 0 Å². The molecule has 3 rings (SSSR count). The van der Waals surface area contributed by atoms with Gasteiger partial charge >= 0.3 is 6.18 Å². The molecule has 0 fully saturated rings. The van der Waals surface area contributed by atoms with Gasteiger partial charge in [-0.3, -0.25) is 4.79 Å². The lowest BCUT2D eigenvalue weighted by Gasteiger charge is -2.11. The Kier molecular flexibility index (Phi) is 3.67. The van der Waals surface area contributed by atoms with E-state index in [9.17, 15) is 18.0 Å². The molecule has 0 bridgehead atoms. The molecule has 0 atom stereocenters. The number of aromatic amines is 1. The van der Waals surface area contributed by atoms with Crippen LogP contribution in [0, 0.1) is 6.92 Å². The Morgan fingerprint density at radius 2 is 1.96 bits per heavy atom. The highest BCUT2D eigenvalue weighted by Crippen LogP contribution is 2.32. The summed E-state index contributed by atoms with van der Waals surface area (Å²) in [4.78, 5) is 19.5. The van der Waals surface area contributed by atoms with Crippen LogP contribution in [0.15, 0.2) is 42.6 Å². The number of carbonyl (C=O) groups is 1. The number of hydrogen-bond acceptors (Lipinski definition) is 2. The number of nitrogens with zero attached hydrogens (tertiary/aromatic N) is 1. The molecule has 2 heterocycles. The molecular weight excluding hydrogens is 305 g/mol. The Hall–Kier alpha value is -2.63. The second kappa shape index (κ2) is 5.53. The number of hydrogen-bond donors (Lipinski definition) is 1. The maximum atomic E-state index is 13.0. The van der Waals surface area contributed by atoms with E-state index >= 15 is 0 Å². The van der Waals surface area contributed by atoms with Crippen LogP contribution in [0.1, 0.15) is 27.2 Å². The Balaban J connectivity index is 1.92. The third kappa shape index (κ3) is 3.11. The minimum absolute atomic E-state index is 0.125. The van der Waals surface area contributed by atoms with E-state index in [1.54, 1.807) is 6.07 Å². The monoisotopic (exact) mass is 318 g/mol. The number of H-pyrrole nitrogens is 1. The number of fused-ring (bicyclic) bond motifs is 1. The topological polar surface area (TPSA) is 45.8 Å². The van der Waals surface area contributed by atoms with Crippen LogP contribution in [0.25, 0.3) is 11.0 Å². The quantitative estimate of drug-likeness (QED) is 0.731. The number of alkyl halides is 3. The molecular formula is C17H13F3N2O. The summed E-state index contributed by atoms with van der Waals surface area (Å²) in [5.41, 5.74) is 0.980. The molecule has 0 saturated heterocycles. The lowest BCUT2D eigenvalue weighted by atomic mass is 9.98. The zero-order valence-corrected chi connectivity index (χ0v) is 12.2. The summed E-state index contributed by atoms with van der Waals surface area (Å²) in [6.07, 6.45) is -3.17. The molecule has 0 radical (unpaired) electrons. The number of pyridine rings is 1. The van der Waals surface area contributed by atoms with E-state index in [0.717, 1.165) is 17.1 Å². The van der Waals surface area contributed by atoms with Gasteiger partial charge in [-0.2, -0.15) is 13.2 Å². The third-order valence-electron chi connectivity index (χ3n) is 3.56. The van der Waals surface area contributed by atoms with Gasteiger partial charge in [-0.05, 0) is 30.7 Å². The summed E-state index contributed by atoms with van der Waals surface area (Å²) in [6, 6.07) is 8.47. The van der Waals surface area contributed by atoms with Crippen LogP contribution in [0.5, 0.6) is 0 Å². The smallest absolute Gasteiger partial charge is 0.344 e. The highest BCUT2D eigenvalue weighted by Gasteiger charge is 2.34. The Morgan fingerprint density at radius 1 is 1.22 bits per heavy atom. The van der Waals surface area contributed by atoms with Crippen molar-refractivity contribution in [2.75, 3.05) is 0 Å². The van der Waals surface area contributed by atoms with Crippen molar-refractivity contribution in [3.05, 3.63) is 65.0 Å². The molecule has 2 aromatic heterocycles. The van der Waals surface area contributed by atoms with Gasteiger partial charge in [-0.25, -0.2) is 4.98 Å². The zero-order chi connectivity index (χ0) is 16.6. The summed E-state index contributed by atoms with van der Waals surface area (Å²) in [6.45, 7) is 1.88. The first-order valence-corrected chi connectivity index (χ1v) is 6.98. The number of carbonyl (C=O) groups excluding carboxylic acids is 1. The lowest BCUT2D eigenvalue weighted by molar-refractivity contribution is -0.137. The predicted octanol–water partition coefficient (Wildman–Crippen LogP) is 4.32. The first-order valence-electron chi connectivity index (χ1n) is 6.98. The molecule has 6 heteroatoms. The summed E-state index contributed by atoms with van der Waals surface area (Å²) in [5.74, 6) is -0.577. The predicted molar refractivity (Wildman–Crippen MR) is 80.3 cm³/mol. The van der Waals surface area contributed by atoms with Crippen LogP contribution in [0.3, 0.4) is 0 Å². The number of halogens is 3. The van der Waals surface area contributed by atoms with E-state index in [-0.39, 0.29) is 12.0 Å². The van der Waals surface area contributed by atoms with Crippen molar-refractivity contribution in [3.8, 4) is 0 Å². The normalized spacial score (nSPS) is 11.8. The molecule has 0 unspecified atom stereocenters. The number of aryl methyl sites for hydroxylation is 1. The molecule has 23 heavy (non-hydrogen) atoms. The highest BCUT2D eigenvalue weighted by molar-refractivity contribution is 5.99. The van der Waals surface area contributed by atoms with Crippen molar-refractivity contribution >= 4 is 16.8 Å². The Bertz CT molecular complexity index is 881. The minimum atomic E-state index is -4.55. The van der Waals surface area contributed by atoms with E-state index < -0.39 is 17.5 Å². The molecule has 1 N–H and O–H groups in total. The fraction of sp³-hybridized carbons (Fsp3) is 0.176. The molecule has 3 nitrogen and oxygen atoms in total. The van der Waals surface area contributed by atoms with Crippen LogP contribution >= 0.6 is 0 Å². The van der Waals surface area contributed by atoms with Crippen LogP contribution in [0.4, 0.5) is 13.2 Å². The number of aromatic nitrogens is 2. The van der Waals surface area contributed by atoms with Gasteiger partial charge < -0.3 is 4.98 Å². The van der Waals surface area contributed by atoms with Gasteiger partial charge in [-0.1, -0.05) is 18.2 Å². The van der Waals surface area contributed by atoms with Crippen molar-refractivity contribution in [1.82, 2.24) is 9.97 Å². The first-order chi connectivity index (χ1) is 10.8. The van der Waals surface area contributed by atoms with Crippen LogP contribution in [-0.4, -0.2) is 15.8 Å². The maximum Gasteiger partial charge on any atom is 0.417 e. The van der Waals surface area contributed by atoms with Gasteiger partial charge in [0.2, 0.25) is 0 Å². The molecule has 0 aliphatic rings. The van der Waals surface area contributed by atoms with Crippen molar-refractivity contribution in [1.29, 1.82) is 0 Å². The number of benzene rings is 1. The van der Waals surface area contributed by atoms with Gasteiger partial charge in [0.1, 0.15) is 5.65 Å². The van der Waals surface area contributed by atoms with Gasteiger partial charge in [-0.15, -0.1) is 0 Å². The summed E-state index contributed by atoms with van der Waals surface area (Å²) in [7, 11) is 0. The second-order valence-electron chi connectivity index (χ2n) is 5.38. The maximum absolute atomic E-state index is 13.0. The van der Waals surface area contributed by atoms with E-state index in [1.807, 2.05) is 13.0 Å². The SMILES string of the molecule is Cc1cc2cc(CC(=O)c3ccccc3C(F)(F)F)cnc2[nH]1. The zero-order valence-electron chi connectivity index (χ0n) is 12.2. The fourth-order valence-electron chi connectivity index (χ4n) is 2.55. The largest absolute Gasteiger partial charge is 0.417 e. The number of rotatable bonds is 3. The van der Waals surface area contributed by atoms with Crippen molar-refractivity contribution < 1.29 is 18.0 Å². The van der Waals surface area contributed by atoms with Crippen LogP contribution in [-0.2, 0) is 12.6 Å². The summed E-state index contributed by atoms with van der Waals surface area (Å²) in [5, 5.41) is 0.830. The fourth-order valence-corrected chi connectivity index (χ4v) is 2.55. The summed E-state index contributed by atoms with van der Waals surface area (Å²) >= 11 is 0. The number of ketones is 1. The van der Waals surface area contributed by atoms with Gasteiger partial charge in [0.15, 0.2) is 5.78 Å². The molecule has 3 aromatic rings. The lowest BCUT2D eigenvalue weighted by Crippen LogP contribution is -2.14. The van der Waals surface area contributed by atoms with Crippen molar-refractivity contribution in [2.45, 2.75) is 19.5 Å². The molecule has 118 valence electrons. The van der Waals surface area contributed by atoms with Crippen LogP contribution < -0.4 is 0 Å². The molecule has 0 aliphatic heterocycles. The first kappa shape index (κ1) is 15.3. The van der Waals surface area contributed by atoms with E-state index in [1.165, 1.54) is 24.4 Å². The highest BCUT2D eigenvalue weighted by atomic mass is 19.4. The average molecular weight is 318 g/mol. The van der Waals surface area contributed by atoms with E-state index in [0.29, 0.717) is 11.2 Å². The number of Topliss-reactive ketones (excluding diaryl/α,β-unsaturated/α-hetero) is 1.